The van der Waals surface area contributed by atoms with Crippen LogP contribution in [0.3, 0.4) is 0 Å². The Bertz CT molecular complexity index is 387. The lowest BCUT2D eigenvalue weighted by molar-refractivity contribution is 0.213. The van der Waals surface area contributed by atoms with E-state index in [1.54, 1.807) is 0 Å². The lowest BCUT2D eigenvalue weighted by Crippen LogP contribution is -2.36. The minimum absolute atomic E-state index is 0.612. The first-order valence-corrected chi connectivity index (χ1v) is 7.79. The average molecular weight is 259 g/mol. The number of hydrogen-bond donors (Lipinski definition) is 1. The van der Waals surface area contributed by atoms with Crippen LogP contribution in [0.25, 0.3) is 0 Å². The smallest absolute Gasteiger partial charge is 0.123 e. The van der Waals surface area contributed by atoms with Crippen LogP contribution in [-0.4, -0.2) is 18.1 Å². The summed E-state index contributed by atoms with van der Waals surface area (Å²) in [6.45, 7) is 2.37. The van der Waals surface area contributed by atoms with Crippen LogP contribution in [0.1, 0.15) is 44.9 Å². The molecule has 2 N–H and O–H groups in total. The maximum Gasteiger partial charge on any atom is 0.123 e. The molecule has 0 unspecified atom stereocenters. The monoisotopic (exact) mass is 259 g/mol. The molecule has 1 saturated carbocycles. The van der Waals surface area contributed by atoms with Gasteiger partial charge in [0.25, 0.3) is 0 Å². The molecule has 104 valence electrons. The molecule has 0 aromatic carbocycles. The molecule has 1 saturated heterocycles. The van der Waals surface area contributed by atoms with Crippen LogP contribution in [0.4, 0.5) is 11.5 Å². The summed E-state index contributed by atoms with van der Waals surface area (Å²) in [7, 11) is 0. The van der Waals surface area contributed by atoms with E-state index in [1.165, 1.54) is 63.7 Å². The van der Waals surface area contributed by atoms with E-state index in [4.69, 9.17) is 5.73 Å². The molecule has 3 nitrogen and oxygen atoms in total. The van der Waals surface area contributed by atoms with Crippen molar-refractivity contribution in [3.8, 4) is 0 Å². The van der Waals surface area contributed by atoms with Crippen LogP contribution < -0.4 is 10.6 Å². The van der Waals surface area contributed by atoms with E-state index in [9.17, 15) is 0 Å². The van der Waals surface area contributed by atoms with Crippen molar-refractivity contribution in [3.63, 3.8) is 0 Å². The molecule has 1 aliphatic carbocycles. The molecule has 0 spiro atoms. The van der Waals surface area contributed by atoms with Crippen molar-refractivity contribution >= 4 is 11.5 Å². The van der Waals surface area contributed by atoms with Gasteiger partial charge in [0, 0.05) is 13.1 Å². The predicted molar refractivity (Wildman–Crippen MR) is 80.2 cm³/mol. The molecule has 3 heteroatoms. The first kappa shape index (κ1) is 12.8. The molecule has 0 amide bonds. The molecule has 2 fully saturated rings. The SMILES string of the molecule is Nc1ccc(N2CCC(C3CCCCC3)CC2)cn1. The fraction of sp³-hybridized carbons (Fsp3) is 0.688. The molecule has 1 aromatic rings. The number of nitrogens with zero attached hydrogens (tertiary/aromatic N) is 2. The Balaban J connectivity index is 1.55. The maximum atomic E-state index is 5.65. The molecule has 19 heavy (non-hydrogen) atoms. The zero-order valence-corrected chi connectivity index (χ0v) is 11.7. The van der Waals surface area contributed by atoms with Crippen LogP contribution >= 0.6 is 0 Å². The molecule has 3 rings (SSSR count). The predicted octanol–water partition coefficient (Wildman–Crippen LogP) is 3.46. The summed E-state index contributed by atoms with van der Waals surface area (Å²) in [5.74, 6) is 2.60. The van der Waals surface area contributed by atoms with Crippen molar-refractivity contribution in [2.24, 2.45) is 11.8 Å². The number of aromatic nitrogens is 1. The fourth-order valence-electron chi connectivity index (χ4n) is 3.82. The van der Waals surface area contributed by atoms with Gasteiger partial charge >= 0.3 is 0 Å². The largest absolute Gasteiger partial charge is 0.384 e. The first-order chi connectivity index (χ1) is 9.33. The molecule has 1 aliphatic heterocycles. The maximum absolute atomic E-state index is 5.65. The van der Waals surface area contributed by atoms with Crippen LogP contribution in [0.5, 0.6) is 0 Å². The topological polar surface area (TPSA) is 42.1 Å². The third-order valence-corrected chi connectivity index (χ3v) is 4.99. The van der Waals surface area contributed by atoms with Crippen LogP contribution in [0.15, 0.2) is 18.3 Å². The van der Waals surface area contributed by atoms with Gasteiger partial charge in [-0.05, 0) is 36.8 Å². The fourth-order valence-corrected chi connectivity index (χ4v) is 3.82. The standard InChI is InChI=1S/C16H25N3/c17-16-7-6-15(12-18-16)19-10-8-14(9-11-19)13-4-2-1-3-5-13/h6-7,12-14H,1-5,8-11H2,(H2,17,18). The van der Waals surface area contributed by atoms with Crippen molar-refractivity contribution in [1.29, 1.82) is 0 Å². The summed E-state index contributed by atoms with van der Waals surface area (Å²) in [5.41, 5.74) is 6.88. The van der Waals surface area contributed by atoms with E-state index in [1.807, 2.05) is 12.3 Å². The molecule has 0 atom stereocenters. The number of nitrogen functional groups attached to an aromatic ring is 1. The van der Waals surface area contributed by atoms with Gasteiger partial charge in [-0.25, -0.2) is 4.98 Å². The van der Waals surface area contributed by atoms with E-state index in [0.29, 0.717) is 5.82 Å². The second-order valence-electron chi connectivity index (χ2n) is 6.16. The number of nitrogens with two attached hydrogens (primary N) is 1. The Hall–Kier alpha value is -1.25. The van der Waals surface area contributed by atoms with Gasteiger partial charge in [-0.2, -0.15) is 0 Å². The van der Waals surface area contributed by atoms with Crippen molar-refractivity contribution in [1.82, 2.24) is 4.98 Å². The highest BCUT2D eigenvalue weighted by atomic mass is 15.1. The quantitative estimate of drug-likeness (QED) is 0.884. The highest BCUT2D eigenvalue weighted by Gasteiger charge is 2.27. The van der Waals surface area contributed by atoms with Gasteiger partial charge in [0.05, 0.1) is 11.9 Å². The van der Waals surface area contributed by atoms with E-state index in [2.05, 4.69) is 16.0 Å². The Kier molecular flexibility index (Phi) is 3.90. The lowest BCUT2D eigenvalue weighted by atomic mass is 9.76. The second-order valence-corrected chi connectivity index (χ2v) is 6.16. The minimum atomic E-state index is 0.612. The molecule has 2 aliphatic rings. The van der Waals surface area contributed by atoms with Crippen LogP contribution in [-0.2, 0) is 0 Å². The molecule has 0 bridgehead atoms. The number of rotatable bonds is 2. The summed E-state index contributed by atoms with van der Waals surface area (Å²) < 4.78 is 0. The molecule has 0 radical (unpaired) electrons. The second kappa shape index (κ2) is 5.81. The summed E-state index contributed by atoms with van der Waals surface area (Å²) in [6.07, 6.45) is 12.0. The van der Waals surface area contributed by atoms with Gasteiger partial charge in [0.15, 0.2) is 0 Å². The highest BCUT2D eigenvalue weighted by molar-refractivity contribution is 5.48. The first-order valence-electron chi connectivity index (χ1n) is 7.79. The van der Waals surface area contributed by atoms with Gasteiger partial charge in [-0.1, -0.05) is 32.1 Å². The number of anilines is 2. The zero-order valence-electron chi connectivity index (χ0n) is 11.7. The Morgan fingerprint density at radius 1 is 0.947 bits per heavy atom. The van der Waals surface area contributed by atoms with Gasteiger partial charge < -0.3 is 10.6 Å². The molecular formula is C16H25N3. The molecule has 2 heterocycles. The van der Waals surface area contributed by atoms with Crippen molar-refractivity contribution in [2.45, 2.75) is 44.9 Å². The number of pyridine rings is 1. The summed E-state index contributed by atoms with van der Waals surface area (Å²) in [5, 5.41) is 0. The van der Waals surface area contributed by atoms with E-state index in [-0.39, 0.29) is 0 Å². The lowest BCUT2D eigenvalue weighted by Gasteiger charge is -2.38. The van der Waals surface area contributed by atoms with E-state index >= 15 is 0 Å². The third-order valence-electron chi connectivity index (χ3n) is 4.99. The third kappa shape index (κ3) is 3.02. The molecular weight excluding hydrogens is 234 g/mol. The normalized spacial score (nSPS) is 22.6. The van der Waals surface area contributed by atoms with Crippen molar-refractivity contribution < 1.29 is 0 Å². The Labute approximate surface area is 116 Å². The van der Waals surface area contributed by atoms with Gasteiger partial charge in [-0.3, -0.25) is 0 Å². The summed E-state index contributed by atoms with van der Waals surface area (Å²) in [6, 6.07) is 4.01. The molecule has 1 aromatic heterocycles. The number of hydrogen-bond acceptors (Lipinski definition) is 3. The summed E-state index contributed by atoms with van der Waals surface area (Å²) in [4.78, 5) is 6.66. The Morgan fingerprint density at radius 3 is 2.26 bits per heavy atom. The highest BCUT2D eigenvalue weighted by Crippen LogP contribution is 2.36. The number of piperidine rings is 1. The van der Waals surface area contributed by atoms with Crippen molar-refractivity contribution in [2.75, 3.05) is 23.7 Å². The van der Waals surface area contributed by atoms with Crippen LogP contribution in [0.2, 0.25) is 0 Å². The summed E-state index contributed by atoms with van der Waals surface area (Å²) >= 11 is 0. The van der Waals surface area contributed by atoms with Crippen LogP contribution in [0, 0.1) is 11.8 Å². The zero-order chi connectivity index (χ0) is 13.1. The van der Waals surface area contributed by atoms with Gasteiger partial charge in [0.2, 0.25) is 0 Å². The van der Waals surface area contributed by atoms with Gasteiger partial charge in [0.1, 0.15) is 5.82 Å². The van der Waals surface area contributed by atoms with E-state index < -0.39 is 0 Å². The van der Waals surface area contributed by atoms with Gasteiger partial charge in [-0.15, -0.1) is 0 Å². The van der Waals surface area contributed by atoms with E-state index in [0.717, 1.165) is 11.8 Å². The Morgan fingerprint density at radius 2 is 1.63 bits per heavy atom. The average Bonchev–Trinajstić information content (AvgIpc) is 2.49. The van der Waals surface area contributed by atoms with Crippen molar-refractivity contribution in [3.05, 3.63) is 18.3 Å². The minimum Gasteiger partial charge on any atom is -0.384 e.